The first-order chi connectivity index (χ1) is 8.43. The van der Waals surface area contributed by atoms with Crippen LogP contribution < -0.4 is 4.90 Å². The second-order valence-corrected chi connectivity index (χ2v) is 4.34. The number of nitrogens with zero attached hydrogens (tertiary/aromatic N) is 3. The minimum atomic E-state index is 1.10. The molecule has 3 nitrogen and oxygen atoms in total. The highest BCUT2D eigenvalue weighted by atomic mass is 15.2. The molecule has 1 saturated heterocycles. The molecule has 0 unspecified atom stereocenters. The Morgan fingerprint density at radius 1 is 0.882 bits per heavy atom. The fraction of sp³-hybridized carbons (Fsp3) is 0.286. The molecule has 0 radical (unpaired) electrons. The maximum absolute atomic E-state index is 4.54. The van der Waals surface area contributed by atoms with Crippen LogP contribution in [-0.4, -0.2) is 23.1 Å². The number of aromatic nitrogens is 2. The maximum Gasteiger partial charge on any atom is 0.128 e. The Bertz CT molecular complexity index is 473. The predicted molar refractivity (Wildman–Crippen MR) is 68.9 cm³/mol. The predicted octanol–water partition coefficient (Wildman–Crippen LogP) is 2.74. The fourth-order valence-electron chi connectivity index (χ4n) is 2.23. The molecule has 2 aromatic heterocycles. The summed E-state index contributed by atoms with van der Waals surface area (Å²) in [6.07, 6.45) is 8.14. The van der Waals surface area contributed by atoms with Gasteiger partial charge in [-0.25, -0.2) is 4.98 Å². The van der Waals surface area contributed by atoms with Gasteiger partial charge >= 0.3 is 0 Å². The van der Waals surface area contributed by atoms with Crippen molar-refractivity contribution in [2.45, 2.75) is 12.8 Å². The van der Waals surface area contributed by atoms with Crippen molar-refractivity contribution in [2.24, 2.45) is 0 Å². The van der Waals surface area contributed by atoms with Gasteiger partial charge < -0.3 is 4.90 Å². The quantitative estimate of drug-likeness (QED) is 0.787. The summed E-state index contributed by atoms with van der Waals surface area (Å²) in [5.74, 6) is 1.10. The SMILES string of the molecule is c1cc(-c2ccc(N3CCCC3)nc2)ccn1. The van der Waals surface area contributed by atoms with Gasteiger partial charge in [0.15, 0.2) is 0 Å². The van der Waals surface area contributed by atoms with Crippen LogP contribution in [0.1, 0.15) is 12.8 Å². The van der Waals surface area contributed by atoms with Crippen molar-refractivity contribution in [1.29, 1.82) is 0 Å². The lowest BCUT2D eigenvalue weighted by atomic mass is 10.1. The standard InChI is InChI=1S/C14H15N3/c1-2-10-17(9-1)14-4-3-13(11-16-14)12-5-7-15-8-6-12/h3-8,11H,1-2,9-10H2. The highest BCUT2D eigenvalue weighted by Gasteiger charge is 2.12. The molecule has 0 amide bonds. The van der Waals surface area contributed by atoms with Gasteiger partial charge in [0.05, 0.1) is 0 Å². The average Bonchev–Trinajstić information content (AvgIpc) is 2.94. The molecule has 86 valence electrons. The van der Waals surface area contributed by atoms with E-state index in [1.807, 2.05) is 30.7 Å². The third kappa shape index (κ3) is 2.13. The lowest BCUT2D eigenvalue weighted by Gasteiger charge is -2.16. The van der Waals surface area contributed by atoms with E-state index in [-0.39, 0.29) is 0 Å². The molecule has 1 aliphatic rings. The average molecular weight is 225 g/mol. The van der Waals surface area contributed by atoms with E-state index in [9.17, 15) is 0 Å². The van der Waals surface area contributed by atoms with E-state index in [1.54, 1.807) is 0 Å². The molecule has 0 bridgehead atoms. The number of anilines is 1. The number of hydrogen-bond donors (Lipinski definition) is 0. The second kappa shape index (κ2) is 4.53. The highest BCUT2D eigenvalue weighted by molar-refractivity contribution is 5.63. The molecule has 0 saturated carbocycles. The Morgan fingerprint density at radius 2 is 1.65 bits per heavy atom. The first-order valence-electron chi connectivity index (χ1n) is 6.05. The smallest absolute Gasteiger partial charge is 0.128 e. The molecule has 2 aromatic rings. The van der Waals surface area contributed by atoms with E-state index in [1.165, 1.54) is 18.4 Å². The van der Waals surface area contributed by atoms with E-state index >= 15 is 0 Å². The summed E-state index contributed by atoms with van der Waals surface area (Å²) in [6, 6.07) is 8.26. The van der Waals surface area contributed by atoms with Crippen LogP contribution in [0.5, 0.6) is 0 Å². The summed E-state index contributed by atoms with van der Waals surface area (Å²) < 4.78 is 0. The monoisotopic (exact) mass is 225 g/mol. The van der Waals surface area contributed by atoms with Crippen LogP contribution in [0.4, 0.5) is 5.82 Å². The van der Waals surface area contributed by atoms with E-state index in [4.69, 9.17) is 0 Å². The lowest BCUT2D eigenvalue weighted by molar-refractivity contribution is 0.938. The van der Waals surface area contributed by atoms with Crippen molar-refractivity contribution >= 4 is 5.82 Å². The van der Waals surface area contributed by atoms with E-state index < -0.39 is 0 Å². The molecule has 17 heavy (non-hydrogen) atoms. The third-order valence-corrected chi connectivity index (χ3v) is 3.19. The number of pyridine rings is 2. The fourth-order valence-corrected chi connectivity index (χ4v) is 2.23. The molecule has 3 heteroatoms. The molecule has 0 aliphatic carbocycles. The van der Waals surface area contributed by atoms with Gasteiger partial charge in [-0.3, -0.25) is 4.98 Å². The van der Waals surface area contributed by atoms with Crippen LogP contribution in [-0.2, 0) is 0 Å². The van der Waals surface area contributed by atoms with Gasteiger partial charge in [-0.2, -0.15) is 0 Å². The third-order valence-electron chi connectivity index (χ3n) is 3.19. The molecule has 0 aromatic carbocycles. The first kappa shape index (κ1) is 10.3. The highest BCUT2D eigenvalue weighted by Crippen LogP contribution is 2.22. The Hall–Kier alpha value is -1.90. The van der Waals surface area contributed by atoms with Crippen LogP contribution in [0, 0.1) is 0 Å². The topological polar surface area (TPSA) is 29.0 Å². The van der Waals surface area contributed by atoms with Gasteiger partial charge in [0.2, 0.25) is 0 Å². The summed E-state index contributed by atoms with van der Waals surface area (Å²) in [4.78, 5) is 10.9. The summed E-state index contributed by atoms with van der Waals surface area (Å²) in [6.45, 7) is 2.28. The zero-order valence-electron chi connectivity index (χ0n) is 9.71. The Kier molecular flexibility index (Phi) is 2.74. The summed E-state index contributed by atoms with van der Waals surface area (Å²) in [7, 11) is 0. The minimum absolute atomic E-state index is 1.10. The zero-order chi connectivity index (χ0) is 11.5. The van der Waals surface area contributed by atoms with Gasteiger partial charge in [0.25, 0.3) is 0 Å². The molecular weight excluding hydrogens is 210 g/mol. The van der Waals surface area contributed by atoms with Crippen molar-refractivity contribution in [3.05, 3.63) is 42.9 Å². The normalized spacial score (nSPS) is 15.2. The van der Waals surface area contributed by atoms with Crippen molar-refractivity contribution in [2.75, 3.05) is 18.0 Å². The Labute approximate surface area is 101 Å². The molecule has 0 N–H and O–H groups in total. The number of rotatable bonds is 2. The molecule has 1 fully saturated rings. The van der Waals surface area contributed by atoms with Gasteiger partial charge in [0.1, 0.15) is 5.82 Å². The van der Waals surface area contributed by atoms with E-state index in [0.29, 0.717) is 0 Å². The summed E-state index contributed by atoms with van der Waals surface area (Å²) >= 11 is 0. The molecule has 3 heterocycles. The van der Waals surface area contributed by atoms with Gasteiger partial charge in [-0.15, -0.1) is 0 Å². The maximum atomic E-state index is 4.54. The van der Waals surface area contributed by atoms with Crippen LogP contribution in [0.25, 0.3) is 11.1 Å². The van der Waals surface area contributed by atoms with Crippen LogP contribution in [0.2, 0.25) is 0 Å². The van der Waals surface area contributed by atoms with Crippen LogP contribution in [0.3, 0.4) is 0 Å². The largest absolute Gasteiger partial charge is 0.357 e. The van der Waals surface area contributed by atoms with Crippen LogP contribution >= 0.6 is 0 Å². The molecule has 3 rings (SSSR count). The molecule has 1 aliphatic heterocycles. The van der Waals surface area contributed by atoms with E-state index in [2.05, 4.69) is 27.0 Å². The van der Waals surface area contributed by atoms with Crippen molar-refractivity contribution in [3.8, 4) is 11.1 Å². The Balaban J connectivity index is 1.85. The van der Waals surface area contributed by atoms with Crippen LogP contribution in [0.15, 0.2) is 42.9 Å². The molecular formula is C14H15N3. The zero-order valence-corrected chi connectivity index (χ0v) is 9.71. The molecule has 0 spiro atoms. The minimum Gasteiger partial charge on any atom is -0.357 e. The van der Waals surface area contributed by atoms with Crippen molar-refractivity contribution < 1.29 is 0 Å². The Morgan fingerprint density at radius 3 is 2.29 bits per heavy atom. The van der Waals surface area contributed by atoms with Gasteiger partial charge in [-0.1, -0.05) is 0 Å². The first-order valence-corrected chi connectivity index (χ1v) is 6.05. The lowest BCUT2D eigenvalue weighted by Crippen LogP contribution is -2.18. The van der Waals surface area contributed by atoms with Gasteiger partial charge in [0, 0.05) is 37.2 Å². The summed E-state index contributed by atoms with van der Waals surface area (Å²) in [5, 5.41) is 0. The van der Waals surface area contributed by atoms with Gasteiger partial charge in [-0.05, 0) is 42.7 Å². The second-order valence-electron chi connectivity index (χ2n) is 4.34. The van der Waals surface area contributed by atoms with Crippen molar-refractivity contribution in [1.82, 2.24) is 9.97 Å². The van der Waals surface area contributed by atoms with Crippen molar-refractivity contribution in [3.63, 3.8) is 0 Å². The molecule has 0 atom stereocenters. The van der Waals surface area contributed by atoms with E-state index in [0.717, 1.165) is 24.5 Å². The number of hydrogen-bond acceptors (Lipinski definition) is 3. The summed E-state index contributed by atoms with van der Waals surface area (Å²) in [5.41, 5.74) is 2.32.